The van der Waals surface area contributed by atoms with Crippen molar-refractivity contribution in [2.45, 2.75) is 20.8 Å². The molecule has 7 nitrogen and oxygen atoms in total. The van der Waals surface area contributed by atoms with E-state index in [1.807, 2.05) is 20.8 Å². The molecule has 0 radical (unpaired) electrons. The number of amides is 3. The van der Waals surface area contributed by atoms with Crippen LogP contribution >= 0.6 is 0 Å². The number of hydrogen-bond acceptors (Lipinski definition) is 4. The highest BCUT2D eigenvalue weighted by Crippen LogP contribution is 2.20. The lowest BCUT2D eigenvalue weighted by molar-refractivity contribution is -0.123. The summed E-state index contributed by atoms with van der Waals surface area (Å²) in [4.78, 5) is 35.8. The molecule has 3 amide bonds. The molecule has 28 heavy (non-hydrogen) atoms. The van der Waals surface area contributed by atoms with E-state index in [2.05, 4.69) is 21.3 Å². The molecule has 2 aromatic rings. The van der Waals surface area contributed by atoms with E-state index in [4.69, 9.17) is 0 Å². The van der Waals surface area contributed by atoms with E-state index in [0.29, 0.717) is 16.9 Å². The number of carbonyl (C=O) groups excluding carboxylic acids is 3. The standard InChI is InChI=1S/C21H26N4O3/c1-21(2,3)20(28)25-17-7-5-6-16(12-17)24-18(26)13-23-15-10-8-14(9-11-15)19(27)22-4/h5-12,23H,13H2,1-4H3,(H,22,27)(H,24,26)(H,25,28). The largest absolute Gasteiger partial charge is 0.376 e. The van der Waals surface area contributed by atoms with Gasteiger partial charge in [0.1, 0.15) is 0 Å². The Balaban J connectivity index is 1.90. The summed E-state index contributed by atoms with van der Waals surface area (Å²) in [6.07, 6.45) is 0. The summed E-state index contributed by atoms with van der Waals surface area (Å²) in [5.74, 6) is -0.491. The Morgan fingerprint density at radius 1 is 0.857 bits per heavy atom. The van der Waals surface area contributed by atoms with Gasteiger partial charge in [0.25, 0.3) is 5.91 Å². The molecule has 0 saturated carbocycles. The molecule has 148 valence electrons. The van der Waals surface area contributed by atoms with Gasteiger partial charge in [0, 0.05) is 35.1 Å². The van der Waals surface area contributed by atoms with Gasteiger partial charge in [-0.3, -0.25) is 14.4 Å². The highest BCUT2D eigenvalue weighted by molar-refractivity contribution is 5.97. The van der Waals surface area contributed by atoms with Crippen LogP contribution in [-0.4, -0.2) is 31.3 Å². The zero-order valence-corrected chi connectivity index (χ0v) is 16.6. The van der Waals surface area contributed by atoms with Crippen LogP contribution in [0, 0.1) is 5.41 Å². The Morgan fingerprint density at radius 3 is 2.04 bits per heavy atom. The summed E-state index contributed by atoms with van der Waals surface area (Å²) >= 11 is 0. The van der Waals surface area contributed by atoms with Gasteiger partial charge in [-0.25, -0.2) is 0 Å². The van der Waals surface area contributed by atoms with Gasteiger partial charge >= 0.3 is 0 Å². The molecular weight excluding hydrogens is 356 g/mol. The topological polar surface area (TPSA) is 99.3 Å². The summed E-state index contributed by atoms with van der Waals surface area (Å²) in [6.45, 7) is 5.57. The van der Waals surface area contributed by atoms with Gasteiger partial charge in [-0.05, 0) is 42.5 Å². The average Bonchev–Trinajstić information content (AvgIpc) is 2.65. The lowest BCUT2D eigenvalue weighted by Gasteiger charge is -2.18. The first-order chi connectivity index (χ1) is 13.2. The van der Waals surface area contributed by atoms with Gasteiger partial charge in [0.2, 0.25) is 11.8 Å². The van der Waals surface area contributed by atoms with Gasteiger partial charge in [-0.15, -0.1) is 0 Å². The zero-order valence-electron chi connectivity index (χ0n) is 16.6. The van der Waals surface area contributed by atoms with Crippen LogP contribution in [-0.2, 0) is 9.59 Å². The van der Waals surface area contributed by atoms with E-state index >= 15 is 0 Å². The summed E-state index contributed by atoms with van der Waals surface area (Å²) in [5, 5.41) is 11.2. The molecule has 2 aromatic carbocycles. The molecule has 0 bridgehead atoms. The van der Waals surface area contributed by atoms with Crippen molar-refractivity contribution in [3.05, 3.63) is 54.1 Å². The van der Waals surface area contributed by atoms with Crippen molar-refractivity contribution in [2.24, 2.45) is 5.41 Å². The fourth-order valence-electron chi connectivity index (χ4n) is 2.26. The monoisotopic (exact) mass is 382 g/mol. The van der Waals surface area contributed by atoms with Crippen molar-refractivity contribution in [1.29, 1.82) is 0 Å². The summed E-state index contributed by atoms with van der Waals surface area (Å²) in [7, 11) is 1.57. The molecule has 0 spiro atoms. The number of nitrogens with one attached hydrogen (secondary N) is 4. The van der Waals surface area contributed by atoms with Gasteiger partial charge in [0.05, 0.1) is 6.54 Å². The van der Waals surface area contributed by atoms with Crippen LogP contribution in [0.5, 0.6) is 0 Å². The first kappa shape index (κ1) is 21.0. The van der Waals surface area contributed by atoms with Crippen molar-refractivity contribution in [3.8, 4) is 0 Å². The molecule has 0 aliphatic rings. The number of benzene rings is 2. The highest BCUT2D eigenvalue weighted by atomic mass is 16.2. The third-order valence-electron chi connectivity index (χ3n) is 3.91. The van der Waals surface area contributed by atoms with Crippen LogP contribution in [0.4, 0.5) is 17.1 Å². The van der Waals surface area contributed by atoms with Crippen molar-refractivity contribution in [3.63, 3.8) is 0 Å². The zero-order chi connectivity index (χ0) is 20.7. The first-order valence-electron chi connectivity index (χ1n) is 8.96. The normalized spacial score (nSPS) is 10.7. The number of carbonyl (C=O) groups is 3. The molecule has 2 rings (SSSR count). The minimum absolute atomic E-state index is 0.0674. The second kappa shape index (κ2) is 9.03. The first-order valence-corrected chi connectivity index (χ1v) is 8.96. The Labute approximate surface area is 164 Å². The van der Waals surface area contributed by atoms with Crippen LogP contribution in [0.2, 0.25) is 0 Å². The molecule has 0 heterocycles. The van der Waals surface area contributed by atoms with Crippen molar-refractivity contribution < 1.29 is 14.4 Å². The molecule has 0 atom stereocenters. The van der Waals surface area contributed by atoms with E-state index in [9.17, 15) is 14.4 Å². The van der Waals surface area contributed by atoms with Crippen LogP contribution in [0.25, 0.3) is 0 Å². The number of hydrogen-bond donors (Lipinski definition) is 4. The maximum Gasteiger partial charge on any atom is 0.251 e. The van der Waals surface area contributed by atoms with Crippen LogP contribution in [0.1, 0.15) is 31.1 Å². The molecule has 4 N–H and O–H groups in total. The second-order valence-corrected chi connectivity index (χ2v) is 7.34. The molecule has 7 heteroatoms. The Morgan fingerprint density at radius 2 is 1.46 bits per heavy atom. The Bertz CT molecular complexity index is 855. The van der Waals surface area contributed by atoms with E-state index in [-0.39, 0.29) is 24.3 Å². The van der Waals surface area contributed by atoms with Gasteiger partial charge in [0.15, 0.2) is 0 Å². The third kappa shape index (κ3) is 6.12. The minimum Gasteiger partial charge on any atom is -0.376 e. The molecule has 0 aliphatic carbocycles. The fourth-order valence-corrected chi connectivity index (χ4v) is 2.26. The quantitative estimate of drug-likeness (QED) is 0.617. The van der Waals surface area contributed by atoms with Crippen LogP contribution < -0.4 is 21.3 Å². The summed E-state index contributed by atoms with van der Waals surface area (Å²) in [6, 6.07) is 13.8. The summed E-state index contributed by atoms with van der Waals surface area (Å²) in [5.41, 5.74) is 1.99. The summed E-state index contributed by atoms with van der Waals surface area (Å²) < 4.78 is 0. The van der Waals surface area contributed by atoms with E-state index in [1.54, 1.807) is 55.6 Å². The Kier molecular flexibility index (Phi) is 6.76. The smallest absolute Gasteiger partial charge is 0.251 e. The third-order valence-corrected chi connectivity index (χ3v) is 3.91. The SMILES string of the molecule is CNC(=O)c1ccc(NCC(=O)Nc2cccc(NC(=O)C(C)(C)C)c2)cc1. The van der Waals surface area contributed by atoms with Crippen LogP contribution in [0.15, 0.2) is 48.5 Å². The van der Waals surface area contributed by atoms with Gasteiger partial charge < -0.3 is 21.3 Å². The van der Waals surface area contributed by atoms with Crippen molar-refractivity contribution in [1.82, 2.24) is 5.32 Å². The van der Waals surface area contributed by atoms with E-state index in [0.717, 1.165) is 5.69 Å². The average molecular weight is 382 g/mol. The lowest BCUT2D eigenvalue weighted by Crippen LogP contribution is -2.27. The predicted octanol–water partition coefficient (Wildman–Crippen LogP) is 3.08. The fraction of sp³-hybridized carbons (Fsp3) is 0.286. The van der Waals surface area contributed by atoms with Crippen LogP contribution in [0.3, 0.4) is 0 Å². The maximum absolute atomic E-state index is 12.2. The van der Waals surface area contributed by atoms with E-state index < -0.39 is 5.41 Å². The molecule has 0 unspecified atom stereocenters. The minimum atomic E-state index is -0.503. The molecular formula is C21H26N4O3. The number of anilines is 3. The highest BCUT2D eigenvalue weighted by Gasteiger charge is 2.21. The lowest BCUT2D eigenvalue weighted by atomic mass is 9.95. The van der Waals surface area contributed by atoms with E-state index in [1.165, 1.54) is 0 Å². The van der Waals surface area contributed by atoms with Gasteiger partial charge in [-0.1, -0.05) is 26.8 Å². The van der Waals surface area contributed by atoms with Crippen molar-refractivity contribution >= 4 is 34.8 Å². The maximum atomic E-state index is 12.2. The number of rotatable bonds is 6. The second-order valence-electron chi connectivity index (χ2n) is 7.34. The molecule has 0 saturated heterocycles. The van der Waals surface area contributed by atoms with Crippen molar-refractivity contribution in [2.75, 3.05) is 29.5 Å². The molecule has 0 aromatic heterocycles. The van der Waals surface area contributed by atoms with Gasteiger partial charge in [-0.2, -0.15) is 0 Å². The molecule has 0 fully saturated rings. The Hall–Kier alpha value is -3.35. The predicted molar refractivity (Wildman–Crippen MR) is 111 cm³/mol. The molecule has 0 aliphatic heterocycles.